The molecule has 236 valence electrons. The number of halogens is 9. The lowest BCUT2D eigenvalue weighted by Crippen LogP contribution is -2.52. The molecule has 0 saturated carbocycles. The molecule has 0 bridgehead atoms. The van der Waals surface area contributed by atoms with Crippen LogP contribution in [0.4, 0.5) is 39.5 Å². The fraction of sp³-hybridized carbons (Fsp3) is 0.345. The fourth-order valence-electron chi connectivity index (χ4n) is 6.40. The number of alkyl halides is 7. The highest BCUT2D eigenvalue weighted by Crippen LogP contribution is 2.56. The minimum atomic E-state index is -6.37. The van der Waals surface area contributed by atoms with Crippen LogP contribution < -0.4 is 0 Å². The summed E-state index contributed by atoms with van der Waals surface area (Å²) in [5.74, 6) is -3.30. The van der Waals surface area contributed by atoms with Crippen molar-refractivity contribution >= 4 is 15.8 Å². The summed E-state index contributed by atoms with van der Waals surface area (Å²) in [6, 6.07) is 7.59. The summed E-state index contributed by atoms with van der Waals surface area (Å²) in [5, 5.41) is 9.11. The average Bonchev–Trinajstić information content (AvgIpc) is 3.31. The molecule has 0 radical (unpaired) electrons. The van der Waals surface area contributed by atoms with Crippen LogP contribution in [-0.4, -0.2) is 49.3 Å². The maximum Gasteiger partial charge on any atom is 0.435 e. The quantitative estimate of drug-likeness (QED) is 0.234. The van der Waals surface area contributed by atoms with Gasteiger partial charge in [-0.2, -0.15) is 26.3 Å². The first-order chi connectivity index (χ1) is 20.3. The van der Waals surface area contributed by atoms with Crippen molar-refractivity contribution in [3.05, 3.63) is 100 Å². The molecule has 2 aliphatic rings. The number of hydrogen-bond acceptors (Lipinski definition) is 4. The molecule has 3 aromatic rings. The Morgan fingerprint density at radius 3 is 2.11 bits per heavy atom. The number of fused-ring (bicyclic) bond motifs is 3. The van der Waals surface area contributed by atoms with Gasteiger partial charge in [-0.05, 0) is 72.4 Å². The van der Waals surface area contributed by atoms with Gasteiger partial charge in [0.1, 0.15) is 16.4 Å². The Labute approximate surface area is 244 Å². The van der Waals surface area contributed by atoms with Gasteiger partial charge in [0.2, 0.25) is 0 Å². The van der Waals surface area contributed by atoms with Gasteiger partial charge >= 0.3 is 24.0 Å². The molecule has 5 rings (SSSR count). The summed E-state index contributed by atoms with van der Waals surface area (Å²) in [4.78, 5) is 12.5. The van der Waals surface area contributed by atoms with Crippen LogP contribution in [0.3, 0.4) is 0 Å². The molecule has 1 fully saturated rings. The van der Waals surface area contributed by atoms with Gasteiger partial charge in [-0.25, -0.2) is 26.4 Å². The molecule has 1 heterocycles. The summed E-state index contributed by atoms with van der Waals surface area (Å²) in [5.41, 5.74) is -8.12. The molecular weight excluding hydrogens is 629 g/mol. The first-order valence-corrected chi connectivity index (χ1v) is 14.5. The van der Waals surface area contributed by atoms with Gasteiger partial charge in [0.25, 0.3) is 0 Å². The maximum atomic E-state index is 14.9. The second-order valence-electron chi connectivity index (χ2n) is 10.8. The highest BCUT2D eigenvalue weighted by molar-refractivity contribution is 7.92. The van der Waals surface area contributed by atoms with E-state index < -0.39 is 67.4 Å². The van der Waals surface area contributed by atoms with E-state index in [0.717, 1.165) is 42.5 Å². The zero-order valence-electron chi connectivity index (χ0n) is 22.3. The zero-order valence-corrected chi connectivity index (χ0v) is 23.1. The molecule has 5 nitrogen and oxygen atoms in total. The summed E-state index contributed by atoms with van der Waals surface area (Å²) in [7, 11) is -4.55. The minimum Gasteiger partial charge on any atom is -0.478 e. The largest absolute Gasteiger partial charge is 0.478 e. The number of carboxylic acids is 1. The van der Waals surface area contributed by atoms with E-state index in [1.807, 2.05) is 0 Å². The smallest absolute Gasteiger partial charge is 0.435 e. The van der Waals surface area contributed by atoms with E-state index in [-0.39, 0.29) is 60.0 Å². The van der Waals surface area contributed by atoms with Gasteiger partial charge in [0.15, 0.2) is 9.84 Å². The Balaban J connectivity index is 1.65. The number of nitrogens with zero attached hydrogens (tertiary/aromatic N) is 1. The SMILES string of the molecule is O=C(O)c1ccc(CN2CC[C@]3(S(=O)(=O)c4ccc(F)cc4)c4ccc(C(F)(C(F)(F)F)C(F)(F)F)cc4CC[C@H]23)cc1F. The van der Waals surface area contributed by atoms with E-state index in [0.29, 0.717) is 6.07 Å². The van der Waals surface area contributed by atoms with Crippen molar-refractivity contribution < 1.29 is 57.8 Å². The maximum absolute atomic E-state index is 14.9. The van der Waals surface area contributed by atoms with Crippen molar-refractivity contribution in [1.29, 1.82) is 0 Å². The molecular formula is C29H22F9NO4S. The number of carbonyl (C=O) groups is 1. The second kappa shape index (κ2) is 10.5. The van der Waals surface area contributed by atoms with E-state index >= 15 is 0 Å². The van der Waals surface area contributed by atoms with Crippen molar-refractivity contribution in [2.45, 2.75) is 59.5 Å². The van der Waals surface area contributed by atoms with Crippen LogP contribution >= 0.6 is 0 Å². The Morgan fingerprint density at radius 2 is 1.55 bits per heavy atom. The van der Waals surface area contributed by atoms with Crippen LogP contribution in [0.15, 0.2) is 65.6 Å². The molecule has 15 heteroatoms. The minimum absolute atomic E-state index is 0.0206. The fourth-order valence-corrected chi connectivity index (χ4v) is 8.79. The van der Waals surface area contributed by atoms with Crippen molar-refractivity contribution in [2.75, 3.05) is 6.54 Å². The van der Waals surface area contributed by atoms with Crippen molar-refractivity contribution in [3.63, 3.8) is 0 Å². The van der Waals surface area contributed by atoms with Crippen LogP contribution in [0.25, 0.3) is 0 Å². The van der Waals surface area contributed by atoms with Gasteiger partial charge < -0.3 is 5.11 Å². The predicted molar refractivity (Wildman–Crippen MR) is 137 cm³/mol. The third kappa shape index (κ3) is 4.75. The number of sulfone groups is 1. The van der Waals surface area contributed by atoms with Crippen LogP contribution in [0.5, 0.6) is 0 Å². The van der Waals surface area contributed by atoms with Gasteiger partial charge in [-0.3, -0.25) is 4.90 Å². The molecule has 0 spiro atoms. The zero-order chi connectivity index (χ0) is 32.5. The number of hydrogen-bond donors (Lipinski definition) is 1. The van der Waals surface area contributed by atoms with Gasteiger partial charge in [0, 0.05) is 24.7 Å². The normalized spacial score (nSPS) is 21.2. The third-order valence-corrected chi connectivity index (χ3v) is 11.0. The number of rotatable bonds is 6. The lowest BCUT2D eigenvalue weighted by Gasteiger charge is -2.43. The van der Waals surface area contributed by atoms with E-state index in [9.17, 15) is 52.7 Å². The summed E-state index contributed by atoms with van der Waals surface area (Å²) in [6.45, 7) is -0.0575. The van der Waals surface area contributed by atoms with E-state index in [2.05, 4.69) is 0 Å². The first-order valence-electron chi connectivity index (χ1n) is 13.1. The van der Waals surface area contributed by atoms with E-state index in [1.54, 1.807) is 4.90 Å². The van der Waals surface area contributed by atoms with E-state index in [4.69, 9.17) is 5.11 Å². The summed E-state index contributed by atoms with van der Waals surface area (Å²) in [6.07, 6.45) is -13.3. The number of carboxylic acid groups (broad SMARTS) is 1. The standard InChI is InChI=1S/C29H22F9NO4S/c30-19-4-6-20(7-5-19)44(42,43)26-11-12-39(15-16-1-8-21(25(40)41)23(31)13-16)24(26)10-2-17-14-18(3-9-22(17)26)27(32,28(33,34)35)29(36,37)38/h1,3-9,13-14,24H,2,10-12,15H2,(H,40,41)/t24-,26-/m0/s1. The van der Waals surface area contributed by atoms with Crippen LogP contribution in [0.2, 0.25) is 0 Å². The van der Waals surface area contributed by atoms with Gasteiger partial charge in [-0.15, -0.1) is 0 Å². The Kier molecular flexibility index (Phi) is 7.59. The topological polar surface area (TPSA) is 74.7 Å². The predicted octanol–water partition coefficient (Wildman–Crippen LogP) is 6.84. The molecule has 0 aromatic heterocycles. The number of aromatic carboxylic acids is 1. The van der Waals surface area contributed by atoms with Crippen molar-refractivity contribution in [3.8, 4) is 0 Å². The molecule has 44 heavy (non-hydrogen) atoms. The third-order valence-electron chi connectivity index (χ3n) is 8.43. The highest BCUT2D eigenvalue weighted by Gasteiger charge is 2.73. The Bertz CT molecular complexity index is 1710. The average molecular weight is 652 g/mol. The second-order valence-corrected chi connectivity index (χ2v) is 13.0. The molecule has 0 unspecified atom stereocenters. The molecule has 3 aromatic carbocycles. The Hall–Kier alpha value is -3.59. The van der Waals surface area contributed by atoms with E-state index in [1.165, 1.54) is 6.07 Å². The summed E-state index contributed by atoms with van der Waals surface area (Å²) < 4.78 is 151. The van der Waals surface area contributed by atoms with Crippen LogP contribution in [-0.2, 0) is 33.2 Å². The van der Waals surface area contributed by atoms with Gasteiger partial charge in [-0.1, -0.05) is 24.3 Å². The summed E-state index contributed by atoms with van der Waals surface area (Å²) >= 11 is 0. The van der Waals surface area contributed by atoms with Gasteiger partial charge in [0.05, 0.1) is 10.5 Å². The van der Waals surface area contributed by atoms with Crippen LogP contribution in [0.1, 0.15) is 45.5 Å². The lowest BCUT2D eigenvalue weighted by molar-refractivity contribution is -0.348. The molecule has 1 aliphatic heterocycles. The van der Waals surface area contributed by atoms with Crippen molar-refractivity contribution in [2.24, 2.45) is 0 Å². The number of likely N-dealkylation sites (tertiary alicyclic amines) is 1. The monoisotopic (exact) mass is 651 g/mol. The molecule has 0 amide bonds. The number of aryl methyl sites for hydroxylation is 1. The molecule has 1 saturated heterocycles. The number of benzene rings is 3. The molecule has 1 aliphatic carbocycles. The van der Waals surface area contributed by atoms with Crippen molar-refractivity contribution in [1.82, 2.24) is 4.90 Å². The first kappa shape index (κ1) is 31.8. The van der Waals surface area contributed by atoms with Crippen LogP contribution in [0, 0.1) is 11.6 Å². The Morgan fingerprint density at radius 1 is 0.909 bits per heavy atom. The highest BCUT2D eigenvalue weighted by atomic mass is 32.2. The molecule has 1 N–H and O–H groups in total. The lowest BCUT2D eigenvalue weighted by atomic mass is 9.76. The molecule has 2 atom stereocenters.